The minimum atomic E-state index is -0.309. The molecule has 2 aromatic carbocycles. The van der Waals surface area contributed by atoms with Gasteiger partial charge >= 0.3 is 0 Å². The third-order valence-electron chi connectivity index (χ3n) is 3.80. The number of hydrogen-bond acceptors (Lipinski definition) is 3. The smallest absolute Gasteiger partial charge is 0.258 e. The summed E-state index contributed by atoms with van der Waals surface area (Å²) in [7, 11) is 0. The molecular weight excluding hydrogens is 297 g/mol. The number of nitrogens with one attached hydrogen (secondary N) is 1. The van der Waals surface area contributed by atoms with E-state index in [1.165, 1.54) is 12.1 Å². The van der Waals surface area contributed by atoms with Crippen LogP contribution in [0.1, 0.15) is 27.9 Å². The molecule has 0 bridgehead atoms. The molecule has 5 heteroatoms. The molecule has 1 N–H and O–H groups in total. The lowest BCUT2D eigenvalue weighted by atomic mass is 10.1. The van der Waals surface area contributed by atoms with E-state index in [0.717, 1.165) is 11.1 Å². The summed E-state index contributed by atoms with van der Waals surface area (Å²) in [6.45, 7) is 0.194. The molecule has 0 heterocycles. The number of Topliss-reactive ketones (excluding diaryl/α,β-unsaturated/α-hetero) is 1. The quantitative estimate of drug-likeness (QED) is 0.923. The lowest BCUT2D eigenvalue weighted by Crippen LogP contribution is -2.28. The van der Waals surface area contributed by atoms with Crippen LogP contribution in [0.25, 0.3) is 0 Å². The van der Waals surface area contributed by atoms with Crippen LogP contribution >= 0.6 is 0 Å². The zero-order valence-electron chi connectivity index (χ0n) is 12.5. The predicted octanol–water partition coefficient (Wildman–Crippen LogP) is 2.65. The summed E-state index contributed by atoms with van der Waals surface area (Å²) >= 11 is 0. The number of fused-ring (bicyclic) bond motifs is 1. The maximum Gasteiger partial charge on any atom is 0.258 e. The molecule has 2 aromatic rings. The van der Waals surface area contributed by atoms with Gasteiger partial charge in [-0.3, -0.25) is 9.59 Å². The standard InChI is InChI=1S/C18H16FNO3/c19-13-6-4-12(5-7-13)10-20-18(22)11-23-17-3-1-2-14-15(17)8-9-16(14)21/h1-7H,8-11H2,(H,20,22). The zero-order chi connectivity index (χ0) is 16.2. The van der Waals surface area contributed by atoms with Gasteiger partial charge in [-0.15, -0.1) is 0 Å². The number of ether oxygens (including phenoxy) is 1. The minimum absolute atomic E-state index is 0.117. The van der Waals surface area contributed by atoms with Crippen molar-refractivity contribution in [2.24, 2.45) is 0 Å². The maximum absolute atomic E-state index is 12.8. The zero-order valence-corrected chi connectivity index (χ0v) is 12.5. The van der Waals surface area contributed by atoms with Gasteiger partial charge in [-0.25, -0.2) is 4.39 Å². The van der Waals surface area contributed by atoms with Crippen molar-refractivity contribution in [2.45, 2.75) is 19.4 Å². The normalized spacial score (nSPS) is 12.8. The summed E-state index contributed by atoms with van der Waals surface area (Å²) in [5.41, 5.74) is 2.38. The summed E-state index contributed by atoms with van der Waals surface area (Å²) in [5.74, 6) is 0.128. The molecule has 0 aromatic heterocycles. The third-order valence-corrected chi connectivity index (χ3v) is 3.80. The van der Waals surface area contributed by atoms with Crippen LogP contribution in [-0.2, 0) is 17.8 Å². The average Bonchev–Trinajstić information content (AvgIpc) is 2.94. The Labute approximate surface area is 133 Å². The molecular formula is C18H16FNO3. The van der Waals surface area contributed by atoms with E-state index in [0.29, 0.717) is 30.7 Å². The second-order valence-corrected chi connectivity index (χ2v) is 5.40. The van der Waals surface area contributed by atoms with Gasteiger partial charge in [0.2, 0.25) is 0 Å². The highest BCUT2D eigenvalue weighted by Gasteiger charge is 2.22. The number of amides is 1. The van der Waals surface area contributed by atoms with Crippen LogP contribution in [0, 0.1) is 5.82 Å². The summed E-state index contributed by atoms with van der Waals surface area (Å²) in [4.78, 5) is 23.5. The fourth-order valence-corrected chi connectivity index (χ4v) is 2.59. The summed E-state index contributed by atoms with van der Waals surface area (Å²) in [6, 6.07) is 11.2. The number of halogens is 1. The van der Waals surface area contributed by atoms with Crippen molar-refractivity contribution in [1.29, 1.82) is 0 Å². The molecule has 1 amide bonds. The Hall–Kier alpha value is -2.69. The maximum atomic E-state index is 12.8. The summed E-state index contributed by atoms with van der Waals surface area (Å²) in [6.07, 6.45) is 1.15. The third kappa shape index (κ3) is 3.56. The number of benzene rings is 2. The number of carbonyl (C=O) groups is 2. The monoisotopic (exact) mass is 313 g/mol. The van der Waals surface area contributed by atoms with E-state index in [2.05, 4.69) is 5.32 Å². The first-order chi connectivity index (χ1) is 11.1. The van der Waals surface area contributed by atoms with Crippen LogP contribution in [0.5, 0.6) is 5.75 Å². The van der Waals surface area contributed by atoms with Crippen molar-refractivity contribution in [2.75, 3.05) is 6.61 Å². The van der Waals surface area contributed by atoms with Gasteiger partial charge in [0.1, 0.15) is 11.6 Å². The van der Waals surface area contributed by atoms with Crippen LogP contribution in [0.15, 0.2) is 42.5 Å². The Morgan fingerprint density at radius 1 is 1.13 bits per heavy atom. The summed E-state index contributed by atoms with van der Waals surface area (Å²) < 4.78 is 18.3. The van der Waals surface area contributed by atoms with Crippen LogP contribution in [-0.4, -0.2) is 18.3 Å². The van der Waals surface area contributed by atoms with Gasteiger partial charge in [0.05, 0.1) is 0 Å². The van der Waals surface area contributed by atoms with Gasteiger partial charge in [0, 0.05) is 24.1 Å². The van der Waals surface area contributed by atoms with Gasteiger partial charge in [-0.2, -0.15) is 0 Å². The fraction of sp³-hybridized carbons (Fsp3) is 0.222. The van der Waals surface area contributed by atoms with Gasteiger partial charge in [-0.1, -0.05) is 24.3 Å². The van der Waals surface area contributed by atoms with Gasteiger partial charge < -0.3 is 10.1 Å². The second kappa shape index (κ2) is 6.60. The van der Waals surface area contributed by atoms with Crippen molar-refractivity contribution in [3.05, 3.63) is 65.0 Å². The average molecular weight is 313 g/mol. The molecule has 0 unspecified atom stereocenters. The first-order valence-electron chi connectivity index (χ1n) is 7.42. The fourth-order valence-electron chi connectivity index (χ4n) is 2.59. The van der Waals surface area contributed by atoms with E-state index in [4.69, 9.17) is 4.74 Å². The van der Waals surface area contributed by atoms with E-state index in [1.54, 1.807) is 30.3 Å². The van der Waals surface area contributed by atoms with E-state index in [9.17, 15) is 14.0 Å². The second-order valence-electron chi connectivity index (χ2n) is 5.40. The van der Waals surface area contributed by atoms with Crippen molar-refractivity contribution >= 4 is 11.7 Å². The molecule has 0 saturated heterocycles. The van der Waals surface area contributed by atoms with Crippen LogP contribution < -0.4 is 10.1 Å². The lowest BCUT2D eigenvalue weighted by molar-refractivity contribution is -0.123. The number of carbonyl (C=O) groups excluding carboxylic acids is 2. The Bertz CT molecular complexity index is 740. The molecule has 0 aliphatic heterocycles. The molecule has 23 heavy (non-hydrogen) atoms. The molecule has 0 radical (unpaired) electrons. The Morgan fingerprint density at radius 2 is 1.91 bits per heavy atom. The highest BCUT2D eigenvalue weighted by atomic mass is 19.1. The Balaban J connectivity index is 1.54. The van der Waals surface area contributed by atoms with Crippen molar-refractivity contribution in [3.8, 4) is 5.75 Å². The van der Waals surface area contributed by atoms with E-state index in [-0.39, 0.29) is 24.1 Å². The number of hydrogen-bond donors (Lipinski definition) is 1. The van der Waals surface area contributed by atoms with Crippen LogP contribution in [0.3, 0.4) is 0 Å². The molecule has 1 aliphatic carbocycles. The van der Waals surface area contributed by atoms with E-state index < -0.39 is 0 Å². The molecule has 3 rings (SSSR count). The number of rotatable bonds is 5. The minimum Gasteiger partial charge on any atom is -0.483 e. The molecule has 0 atom stereocenters. The van der Waals surface area contributed by atoms with Crippen molar-refractivity contribution in [1.82, 2.24) is 5.32 Å². The highest BCUT2D eigenvalue weighted by Crippen LogP contribution is 2.30. The van der Waals surface area contributed by atoms with E-state index in [1.807, 2.05) is 0 Å². The highest BCUT2D eigenvalue weighted by molar-refractivity contribution is 6.01. The molecule has 0 fully saturated rings. The molecule has 0 saturated carbocycles. The molecule has 1 aliphatic rings. The Morgan fingerprint density at radius 3 is 2.70 bits per heavy atom. The van der Waals surface area contributed by atoms with E-state index >= 15 is 0 Å². The summed E-state index contributed by atoms with van der Waals surface area (Å²) in [5, 5.41) is 2.71. The number of ketones is 1. The molecule has 0 spiro atoms. The topological polar surface area (TPSA) is 55.4 Å². The molecule has 4 nitrogen and oxygen atoms in total. The predicted molar refractivity (Wildman–Crippen MR) is 82.8 cm³/mol. The van der Waals surface area contributed by atoms with Crippen LogP contribution in [0.2, 0.25) is 0 Å². The first kappa shape index (κ1) is 15.2. The van der Waals surface area contributed by atoms with Gasteiger partial charge in [-0.05, 0) is 30.2 Å². The lowest BCUT2D eigenvalue weighted by Gasteiger charge is -2.10. The largest absolute Gasteiger partial charge is 0.483 e. The van der Waals surface area contributed by atoms with Crippen molar-refractivity contribution in [3.63, 3.8) is 0 Å². The van der Waals surface area contributed by atoms with Crippen LogP contribution in [0.4, 0.5) is 4.39 Å². The first-order valence-corrected chi connectivity index (χ1v) is 7.42. The Kier molecular flexibility index (Phi) is 4.37. The van der Waals surface area contributed by atoms with Crippen molar-refractivity contribution < 1.29 is 18.7 Å². The van der Waals surface area contributed by atoms with Gasteiger partial charge in [0.15, 0.2) is 12.4 Å². The SMILES string of the molecule is O=C(COc1cccc2c1CCC2=O)NCc1ccc(F)cc1. The molecule has 118 valence electrons. The van der Waals surface area contributed by atoms with Gasteiger partial charge in [0.25, 0.3) is 5.91 Å².